The quantitative estimate of drug-likeness (QED) is 0.106. The molecule has 2 aliphatic rings. The Labute approximate surface area is 222 Å². The van der Waals surface area contributed by atoms with E-state index >= 15 is 0 Å². The summed E-state index contributed by atoms with van der Waals surface area (Å²) in [5, 5.41) is 41.8. The maximum atomic E-state index is 13.5. The second kappa shape index (κ2) is 9.95. The first-order valence-corrected chi connectivity index (χ1v) is 13.7. The van der Waals surface area contributed by atoms with Crippen LogP contribution in [0.25, 0.3) is 22.2 Å². The summed E-state index contributed by atoms with van der Waals surface area (Å²) in [5.41, 5.74) is 4.60. The van der Waals surface area contributed by atoms with Crippen molar-refractivity contribution < 1.29 is 43.9 Å². The Morgan fingerprint density at radius 3 is 2.62 bits per heavy atom. The van der Waals surface area contributed by atoms with Crippen molar-refractivity contribution in [2.45, 2.75) is 48.5 Å². The van der Waals surface area contributed by atoms with Crippen molar-refractivity contribution in [3.63, 3.8) is 0 Å². The molecule has 4 aromatic heterocycles. The summed E-state index contributed by atoms with van der Waals surface area (Å²) in [6, 6.07) is 0. The average Bonchev–Trinajstić information content (AvgIpc) is 3.68. The molecule has 19 heteroatoms. The number of aliphatic hydroxyl groups is 4. The monoisotopic (exact) mass is 580 g/mol. The van der Waals surface area contributed by atoms with E-state index < -0.39 is 74.9 Å². The fourth-order valence-corrected chi connectivity index (χ4v) is 6.81. The predicted molar refractivity (Wildman–Crippen MR) is 133 cm³/mol. The zero-order chi connectivity index (χ0) is 28.3. The van der Waals surface area contributed by atoms with Crippen molar-refractivity contribution in [3.05, 3.63) is 41.1 Å². The predicted octanol–water partition coefficient (Wildman–Crippen LogP) is -2.34. The van der Waals surface area contributed by atoms with E-state index in [0.717, 1.165) is 6.33 Å². The van der Waals surface area contributed by atoms with Gasteiger partial charge in [0.2, 0.25) is 0 Å². The van der Waals surface area contributed by atoms with Crippen LogP contribution in [0.5, 0.6) is 0 Å². The molecule has 0 radical (unpaired) electrons. The summed E-state index contributed by atoms with van der Waals surface area (Å²) in [6.07, 6.45) is -4.72. The van der Waals surface area contributed by atoms with Crippen LogP contribution in [0.15, 0.2) is 30.0 Å². The summed E-state index contributed by atoms with van der Waals surface area (Å²) in [6.45, 7) is -1.34. The summed E-state index contributed by atoms with van der Waals surface area (Å²) in [4.78, 5) is 44.4. The number of nitrogens with zero attached hydrogens (tertiary/aromatic N) is 5. The van der Waals surface area contributed by atoms with Crippen molar-refractivity contribution in [2.75, 3.05) is 18.9 Å². The molecule has 18 nitrogen and oxygen atoms in total. The molecule has 2 saturated heterocycles. The number of H-pyrrole nitrogens is 2. The molecular formula is C21H25N8O10P. The van der Waals surface area contributed by atoms with Gasteiger partial charge in [0.1, 0.15) is 59.1 Å². The van der Waals surface area contributed by atoms with Crippen LogP contribution in [0.4, 0.5) is 5.82 Å². The lowest BCUT2D eigenvalue weighted by Gasteiger charge is -2.26. The van der Waals surface area contributed by atoms with Gasteiger partial charge in [-0.3, -0.25) is 13.9 Å². The number of aromatic nitrogens is 7. The highest BCUT2D eigenvalue weighted by atomic mass is 31.2. The van der Waals surface area contributed by atoms with E-state index in [2.05, 4.69) is 29.9 Å². The lowest BCUT2D eigenvalue weighted by molar-refractivity contribution is -0.0490. The zero-order valence-electron chi connectivity index (χ0n) is 20.4. The molecule has 2 fully saturated rings. The molecule has 2 aliphatic heterocycles. The number of nitrogens with one attached hydrogen (secondary N) is 2. The molecule has 0 aliphatic carbocycles. The van der Waals surface area contributed by atoms with E-state index in [1.54, 1.807) is 0 Å². The van der Waals surface area contributed by atoms with Crippen molar-refractivity contribution >= 4 is 35.6 Å². The molecule has 4 aromatic rings. The van der Waals surface area contributed by atoms with Crippen LogP contribution in [0, 0.1) is 0 Å². The summed E-state index contributed by atoms with van der Waals surface area (Å²) >= 11 is 0. The Balaban J connectivity index is 1.24. The van der Waals surface area contributed by atoms with Crippen LogP contribution >= 0.6 is 7.60 Å². The van der Waals surface area contributed by atoms with Crippen LogP contribution in [0.1, 0.15) is 17.9 Å². The largest absolute Gasteiger partial charge is 0.394 e. The van der Waals surface area contributed by atoms with Crippen LogP contribution in [0.2, 0.25) is 0 Å². The number of rotatable bonds is 7. The Kier molecular flexibility index (Phi) is 6.68. The van der Waals surface area contributed by atoms with Crippen molar-refractivity contribution in [3.8, 4) is 0 Å². The van der Waals surface area contributed by atoms with Crippen LogP contribution < -0.4 is 11.3 Å². The van der Waals surface area contributed by atoms with Gasteiger partial charge in [-0.15, -0.1) is 0 Å². The van der Waals surface area contributed by atoms with Gasteiger partial charge in [0, 0.05) is 11.8 Å². The number of hydrogen-bond donors (Lipinski definition) is 8. The fourth-order valence-electron chi connectivity index (χ4n) is 5.13. The Bertz CT molecular complexity index is 1660. The molecule has 6 heterocycles. The highest BCUT2D eigenvalue weighted by molar-refractivity contribution is 7.53. The van der Waals surface area contributed by atoms with E-state index in [9.17, 15) is 34.7 Å². The standard InChI is InChI=1S/C21H25N8O10P/c22-18-12-19(26-5-25-18)29(6-28-12)21-15(33)13(31)9(39-21)3-37-40(35,36)17-14(32)8(2-30)38-16(17)7-1-23-11-10(7)24-4-27-20(11)34/h1,4-6,8-9,13-17,21,23,30-33H,2-3H2,(H,35,36)(H2,22,25,26)(H,24,27,34)/t8-,9-,13-,14-,15-,16+,17-,21-/m1/s1. The molecule has 40 heavy (non-hydrogen) atoms. The molecule has 214 valence electrons. The second-order valence-corrected chi connectivity index (χ2v) is 11.4. The zero-order valence-corrected chi connectivity index (χ0v) is 21.3. The van der Waals surface area contributed by atoms with Gasteiger partial charge in [-0.1, -0.05) is 0 Å². The first-order valence-electron chi connectivity index (χ1n) is 12.0. The van der Waals surface area contributed by atoms with Crippen LogP contribution in [0.3, 0.4) is 0 Å². The molecule has 1 unspecified atom stereocenters. The van der Waals surface area contributed by atoms with Gasteiger partial charge in [0.15, 0.2) is 17.7 Å². The normalized spacial score (nSPS) is 32.2. The number of aliphatic hydroxyl groups excluding tert-OH is 4. The van der Waals surface area contributed by atoms with Crippen molar-refractivity contribution in [2.24, 2.45) is 0 Å². The number of hydrogen-bond acceptors (Lipinski definition) is 14. The number of imidazole rings is 1. The highest BCUT2D eigenvalue weighted by Crippen LogP contribution is 2.59. The van der Waals surface area contributed by atoms with Gasteiger partial charge >= 0.3 is 7.60 Å². The molecule has 0 amide bonds. The number of fused-ring (bicyclic) bond motifs is 2. The number of nitrogen functional groups attached to an aromatic ring is 1. The number of aromatic amines is 2. The molecule has 0 aromatic carbocycles. The number of ether oxygens (including phenoxy) is 2. The van der Waals surface area contributed by atoms with E-state index in [-0.39, 0.29) is 33.6 Å². The van der Waals surface area contributed by atoms with E-state index in [1.807, 2.05) is 0 Å². The lowest BCUT2D eigenvalue weighted by Crippen LogP contribution is -2.36. The Hall–Kier alpha value is -3.32. The number of nitrogens with two attached hydrogens (primary N) is 1. The van der Waals surface area contributed by atoms with Crippen molar-refractivity contribution in [1.29, 1.82) is 0 Å². The first-order chi connectivity index (χ1) is 19.1. The maximum Gasteiger partial charge on any atom is 0.336 e. The number of anilines is 1. The SMILES string of the molecule is Nc1ncnc2c1ncn2[C@@H]1O[C@H](COP(=O)(O)[C@@H]2[C@H](O)[C@@H](CO)O[C@H]2c2c[nH]c3c(=O)[nH]cnc23)[C@@H](O)[C@H]1O. The third-order valence-electron chi connectivity index (χ3n) is 7.15. The molecule has 0 spiro atoms. The molecule has 6 rings (SSSR count). The van der Waals surface area contributed by atoms with Gasteiger partial charge in [-0.2, -0.15) is 0 Å². The van der Waals surface area contributed by atoms with Crippen LogP contribution in [-0.4, -0.2) is 109 Å². The summed E-state index contributed by atoms with van der Waals surface area (Å²) in [5.74, 6) is 0.0981. The lowest BCUT2D eigenvalue weighted by atomic mass is 10.1. The van der Waals surface area contributed by atoms with Gasteiger partial charge in [0.25, 0.3) is 5.56 Å². The molecule has 9 N–H and O–H groups in total. The first kappa shape index (κ1) is 26.9. The smallest absolute Gasteiger partial charge is 0.336 e. The Morgan fingerprint density at radius 1 is 1.05 bits per heavy atom. The fraction of sp³-hybridized carbons (Fsp3) is 0.476. The van der Waals surface area contributed by atoms with Gasteiger partial charge in [-0.25, -0.2) is 19.9 Å². The molecule has 0 saturated carbocycles. The third-order valence-corrected chi connectivity index (χ3v) is 9.00. The minimum Gasteiger partial charge on any atom is -0.394 e. The minimum absolute atomic E-state index is 0.0806. The van der Waals surface area contributed by atoms with Crippen molar-refractivity contribution in [1.82, 2.24) is 34.5 Å². The summed E-state index contributed by atoms with van der Waals surface area (Å²) in [7, 11) is -4.80. The van der Waals surface area contributed by atoms with E-state index in [4.69, 9.17) is 19.7 Å². The molecule has 9 atom stereocenters. The van der Waals surface area contributed by atoms with Gasteiger partial charge < -0.3 is 55.0 Å². The second-order valence-electron chi connectivity index (χ2n) is 9.45. The van der Waals surface area contributed by atoms with Gasteiger partial charge in [-0.05, 0) is 0 Å². The maximum absolute atomic E-state index is 13.5. The third kappa shape index (κ3) is 4.21. The van der Waals surface area contributed by atoms with E-state index in [1.165, 1.54) is 23.4 Å². The topological polar surface area (TPSA) is 277 Å². The van der Waals surface area contributed by atoms with Gasteiger partial charge in [0.05, 0.1) is 32.0 Å². The average molecular weight is 580 g/mol. The van der Waals surface area contributed by atoms with E-state index in [0.29, 0.717) is 0 Å². The van der Waals surface area contributed by atoms with Crippen LogP contribution in [-0.2, 0) is 18.6 Å². The highest BCUT2D eigenvalue weighted by Gasteiger charge is 2.55. The minimum atomic E-state index is -4.80. The summed E-state index contributed by atoms with van der Waals surface area (Å²) < 4.78 is 31.7. The molecular weight excluding hydrogens is 555 g/mol. The Morgan fingerprint density at radius 2 is 1.85 bits per heavy atom. The molecule has 0 bridgehead atoms.